The molecule has 27 heavy (non-hydrogen) atoms. The first-order chi connectivity index (χ1) is 13.2. The van der Waals surface area contributed by atoms with Crippen molar-refractivity contribution < 1.29 is 14.3 Å². The monoisotopic (exact) mass is 370 g/mol. The molecule has 0 aliphatic rings. The number of amides is 1. The molecular formula is C20H26N4O3. The van der Waals surface area contributed by atoms with Crippen LogP contribution >= 0.6 is 0 Å². The maximum Gasteiger partial charge on any atom is 0.239 e. The van der Waals surface area contributed by atoms with Crippen LogP contribution < -0.4 is 25.4 Å². The SMILES string of the molecule is CN=C(NCC(=O)NCCc1ccccc1)Nc1ccc(OC)c(OC)c1. The first-order valence-corrected chi connectivity index (χ1v) is 8.66. The quantitative estimate of drug-likeness (QED) is 0.489. The average Bonchev–Trinajstić information content (AvgIpc) is 2.71. The number of rotatable bonds is 8. The minimum absolute atomic E-state index is 0.0961. The van der Waals surface area contributed by atoms with E-state index in [1.807, 2.05) is 36.4 Å². The number of carbonyl (C=O) groups excluding carboxylic acids is 1. The van der Waals surface area contributed by atoms with Gasteiger partial charge in [-0.15, -0.1) is 0 Å². The first kappa shape index (κ1) is 20.1. The molecule has 0 saturated carbocycles. The summed E-state index contributed by atoms with van der Waals surface area (Å²) in [5.74, 6) is 1.64. The summed E-state index contributed by atoms with van der Waals surface area (Å²) in [7, 11) is 4.81. The number of benzene rings is 2. The Bertz CT molecular complexity index is 763. The van der Waals surface area contributed by atoms with Gasteiger partial charge in [0.15, 0.2) is 17.5 Å². The van der Waals surface area contributed by atoms with E-state index in [1.54, 1.807) is 33.4 Å². The van der Waals surface area contributed by atoms with Crippen LogP contribution in [0.5, 0.6) is 11.5 Å². The van der Waals surface area contributed by atoms with Gasteiger partial charge in [-0.3, -0.25) is 9.79 Å². The number of hydrogen-bond donors (Lipinski definition) is 3. The largest absolute Gasteiger partial charge is 0.493 e. The molecule has 0 heterocycles. The summed E-state index contributed by atoms with van der Waals surface area (Å²) in [6.45, 7) is 0.716. The highest BCUT2D eigenvalue weighted by atomic mass is 16.5. The minimum Gasteiger partial charge on any atom is -0.493 e. The molecule has 7 nitrogen and oxygen atoms in total. The topological polar surface area (TPSA) is 84.0 Å². The van der Waals surface area contributed by atoms with Gasteiger partial charge >= 0.3 is 0 Å². The van der Waals surface area contributed by atoms with E-state index in [1.165, 1.54) is 5.56 Å². The van der Waals surface area contributed by atoms with Crippen LogP contribution in [0.3, 0.4) is 0 Å². The number of ether oxygens (including phenoxy) is 2. The van der Waals surface area contributed by atoms with E-state index in [0.29, 0.717) is 24.0 Å². The molecule has 2 aromatic rings. The summed E-state index contributed by atoms with van der Waals surface area (Å²) in [5.41, 5.74) is 1.96. The van der Waals surface area contributed by atoms with Crippen LogP contribution in [-0.2, 0) is 11.2 Å². The summed E-state index contributed by atoms with van der Waals surface area (Å²) in [4.78, 5) is 16.1. The van der Waals surface area contributed by atoms with Gasteiger partial charge < -0.3 is 25.4 Å². The van der Waals surface area contributed by atoms with Crippen molar-refractivity contribution >= 4 is 17.6 Å². The van der Waals surface area contributed by atoms with Crippen molar-refractivity contribution in [3.8, 4) is 11.5 Å². The molecule has 0 saturated heterocycles. The number of guanidine groups is 1. The number of nitrogens with one attached hydrogen (secondary N) is 3. The maximum absolute atomic E-state index is 12.0. The van der Waals surface area contributed by atoms with Gasteiger partial charge in [0.2, 0.25) is 5.91 Å². The Balaban J connectivity index is 1.78. The van der Waals surface area contributed by atoms with Crippen LogP contribution in [0.4, 0.5) is 5.69 Å². The second kappa shape index (κ2) is 10.7. The standard InChI is InChI=1S/C20H26N4O3/c1-21-20(24-16-9-10-17(26-2)18(13-16)27-3)23-14-19(25)22-12-11-15-7-5-4-6-8-15/h4-10,13H,11-12,14H2,1-3H3,(H,22,25)(H2,21,23,24). The number of anilines is 1. The van der Waals surface area contributed by atoms with Crippen LogP contribution in [0.15, 0.2) is 53.5 Å². The highest BCUT2D eigenvalue weighted by molar-refractivity contribution is 5.96. The highest BCUT2D eigenvalue weighted by Crippen LogP contribution is 2.29. The summed E-state index contributed by atoms with van der Waals surface area (Å²) < 4.78 is 10.5. The predicted octanol–water partition coefficient (Wildman–Crippen LogP) is 2.05. The molecule has 144 valence electrons. The summed E-state index contributed by atoms with van der Waals surface area (Å²) >= 11 is 0. The molecule has 0 aromatic heterocycles. The third-order valence-corrected chi connectivity index (χ3v) is 3.86. The molecule has 1 amide bonds. The van der Waals surface area contributed by atoms with Crippen LogP contribution in [0.1, 0.15) is 5.56 Å². The van der Waals surface area contributed by atoms with Crippen molar-refractivity contribution in [1.82, 2.24) is 10.6 Å². The molecular weight excluding hydrogens is 344 g/mol. The fraction of sp³-hybridized carbons (Fsp3) is 0.300. The highest BCUT2D eigenvalue weighted by Gasteiger charge is 2.07. The van der Waals surface area contributed by atoms with Crippen LogP contribution in [0.2, 0.25) is 0 Å². The fourth-order valence-electron chi connectivity index (χ4n) is 2.45. The molecule has 0 fully saturated rings. The second-order valence-corrected chi connectivity index (χ2v) is 5.71. The molecule has 0 unspecified atom stereocenters. The zero-order chi connectivity index (χ0) is 19.5. The number of aliphatic imine (C=N–C) groups is 1. The normalized spacial score (nSPS) is 10.9. The van der Waals surface area contributed by atoms with Gasteiger partial charge in [0, 0.05) is 25.3 Å². The Morgan fingerprint density at radius 1 is 1.00 bits per heavy atom. The van der Waals surface area contributed by atoms with Gasteiger partial charge in [0.1, 0.15) is 0 Å². The Morgan fingerprint density at radius 2 is 1.74 bits per heavy atom. The van der Waals surface area contributed by atoms with Gasteiger partial charge in [0.05, 0.1) is 20.8 Å². The zero-order valence-corrected chi connectivity index (χ0v) is 15.9. The molecule has 2 aromatic carbocycles. The Morgan fingerprint density at radius 3 is 2.41 bits per heavy atom. The molecule has 0 aliphatic carbocycles. The van der Waals surface area contributed by atoms with Crippen molar-refractivity contribution in [2.24, 2.45) is 4.99 Å². The number of hydrogen-bond acceptors (Lipinski definition) is 4. The van der Waals surface area contributed by atoms with Crippen molar-refractivity contribution in [3.63, 3.8) is 0 Å². The average molecular weight is 370 g/mol. The fourth-order valence-corrected chi connectivity index (χ4v) is 2.45. The van der Waals surface area contributed by atoms with Crippen LogP contribution in [-0.4, -0.2) is 46.2 Å². The summed E-state index contributed by atoms with van der Waals surface area (Å²) in [6.07, 6.45) is 0.797. The molecule has 0 bridgehead atoms. The van der Waals surface area contributed by atoms with Gasteiger partial charge in [-0.1, -0.05) is 30.3 Å². The van der Waals surface area contributed by atoms with E-state index in [2.05, 4.69) is 20.9 Å². The molecule has 3 N–H and O–H groups in total. The third-order valence-electron chi connectivity index (χ3n) is 3.86. The number of methoxy groups -OCH3 is 2. The van der Waals surface area contributed by atoms with Crippen molar-refractivity contribution in [2.75, 3.05) is 39.7 Å². The molecule has 0 radical (unpaired) electrons. The lowest BCUT2D eigenvalue weighted by Crippen LogP contribution is -2.40. The zero-order valence-electron chi connectivity index (χ0n) is 15.9. The smallest absolute Gasteiger partial charge is 0.239 e. The molecule has 7 heteroatoms. The predicted molar refractivity (Wildman–Crippen MR) is 108 cm³/mol. The maximum atomic E-state index is 12.0. The molecule has 2 rings (SSSR count). The van der Waals surface area contributed by atoms with Gasteiger partial charge in [-0.2, -0.15) is 0 Å². The number of carbonyl (C=O) groups is 1. The Hall–Kier alpha value is -3.22. The molecule has 0 aliphatic heterocycles. The second-order valence-electron chi connectivity index (χ2n) is 5.71. The summed E-state index contributed by atoms with van der Waals surface area (Å²) in [6, 6.07) is 15.5. The lowest BCUT2D eigenvalue weighted by Gasteiger charge is -2.14. The lowest BCUT2D eigenvalue weighted by molar-refractivity contribution is -0.119. The van der Waals surface area contributed by atoms with Crippen molar-refractivity contribution in [1.29, 1.82) is 0 Å². The first-order valence-electron chi connectivity index (χ1n) is 8.66. The molecule has 0 atom stereocenters. The minimum atomic E-state index is -0.0961. The van der Waals surface area contributed by atoms with Crippen molar-refractivity contribution in [3.05, 3.63) is 54.1 Å². The van der Waals surface area contributed by atoms with E-state index >= 15 is 0 Å². The Kier molecular flexibility index (Phi) is 7.96. The van der Waals surface area contributed by atoms with Crippen molar-refractivity contribution in [2.45, 2.75) is 6.42 Å². The van der Waals surface area contributed by atoms with E-state index < -0.39 is 0 Å². The van der Waals surface area contributed by atoms with Gasteiger partial charge in [-0.25, -0.2) is 0 Å². The Labute approximate surface area is 159 Å². The molecule has 0 spiro atoms. The van der Waals surface area contributed by atoms with Gasteiger partial charge in [-0.05, 0) is 24.1 Å². The van der Waals surface area contributed by atoms with Crippen LogP contribution in [0.25, 0.3) is 0 Å². The lowest BCUT2D eigenvalue weighted by atomic mass is 10.1. The number of nitrogens with zero attached hydrogens (tertiary/aromatic N) is 1. The van der Waals surface area contributed by atoms with E-state index in [4.69, 9.17) is 9.47 Å². The van der Waals surface area contributed by atoms with E-state index in [-0.39, 0.29) is 12.5 Å². The van der Waals surface area contributed by atoms with E-state index in [0.717, 1.165) is 12.1 Å². The van der Waals surface area contributed by atoms with Crippen LogP contribution in [0, 0.1) is 0 Å². The van der Waals surface area contributed by atoms with Gasteiger partial charge in [0.25, 0.3) is 0 Å². The van der Waals surface area contributed by atoms with E-state index in [9.17, 15) is 4.79 Å². The third kappa shape index (κ3) is 6.54. The summed E-state index contributed by atoms with van der Waals surface area (Å²) in [5, 5.41) is 8.99.